The Bertz CT molecular complexity index is 591. The normalized spacial score (nSPS) is 15.2. The Balaban J connectivity index is 1.82. The van der Waals surface area contributed by atoms with Crippen LogP contribution >= 0.6 is 11.3 Å². The number of fused-ring (bicyclic) bond motifs is 1. The van der Waals surface area contributed by atoms with Crippen LogP contribution in [-0.4, -0.2) is 18.6 Å². The van der Waals surface area contributed by atoms with E-state index in [0.717, 1.165) is 23.4 Å². The first kappa shape index (κ1) is 14.4. The summed E-state index contributed by atoms with van der Waals surface area (Å²) < 4.78 is 28.7. The summed E-state index contributed by atoms with van der Waals surface area (Å²) in [5.41, 5.74) is 2.21. The van der Waals surface area contributed by atoms with Crippen LogP contribution in [0.5, 0.6) is 5.75 Å². The second kappa shape index (κ2) is 6.07. The monoisotopic (exact) mass is 310 g/mol. The van der Waals surface area contributed by atoms with Crippen molar-refractivity contribution in [1.82, 2.24) is 10.3 Å². The number of rotatable bonds is 5. The molecule has 1 aromatic heterocycles. The molecule has 6 heteroatoms. The molecule has 1 aliphatic carbocycles. The zero-order chi connectivity index (χ0) is 14.8. The highest BCUT2D eigenvalue weighted by atomic mass is 32.1. The van der Waals surface area contributed by atoms with E-state index in [1.807, 2.05) is 7.05 Å². The largest absolute Gasteiger partial charge is 0.435 e. The molecule has 0 saturated heterocycles. The van der Waals surface area contributed by atoms with Gasteiger partial charge in [-0.3, -0.25) is 0 Å². The number of halogens is 2. The zero-order valence-electron chi connectivity index (χ0n) is 11.6. The first-order valence-corrected chi connectivity index (χ1v) is 7.69. The standard InChI is InChI=1S/C15H16F2N2OS/c1-18-13(14-19-11-3-2-4-12(11)21-14)9-5-7-10(8-6-9)20-15(16)17/h5-8,13,15,18H,2-4H2,1H3. The molecular weight excluding hydrogens is 294 g/mol. The highest BCUT2D eigenvalue weighted by Gasteiger charge is 2.22. The van der Waals surface area contributed by atoms with Crippen molar-refractivity contribution in [2.75, 3.05) is 7.05 Å². The van der Waals surface area contributed by atoms with Gasteiger partial charge in [0.25, 0.3) is 0 Å². The number of benzene rings is 1. The lowest BCUT2D eigenvalue weighted by molar-refractivity contribution is -0.0498. The number of alkyl halides is 2. The summed E-state index contributed by atoms with van der Waals surface area (Å²) in [6.07, 6.45) is 3.37. The first-order chi connectivity index (χ1) is 10.2. The Morgan fingerprint density at radius 2 is 2.00 bits per heavy atom. The van der Waals surface area contributed by atoms with Crippen molar-refractivity contribution in [1.29, 1.82) is 0 Å². The lowest BCUT2D eigenvalue weighted by atomic mass is 10.1. The summed E-state index contributed by atoms with van der Waals surface area (Å²) in [6, 6.07) is 6.71. The molecule has 2 aromatic rings. The van der Waals surface area contributed by atoms with Crippen LogP contribution < -0.4 is 10.1 Å². The van der Waals surface area contributed by atoms with Gasteiger partial charge in [-0.15, -0.1) is 11.3 Å². The van der Waals surface area contributed by atoms with Gasteiger partial charge in [0.2, 0.25) is 0 Å². The third kappa shape index (κ3) is 3.06. The van der Waals surface area contributed by atoms with Gasteiger partial charge in [0.05, 0.1) is 11.7 Å². The van der Waals surface area contributed by atoms with Gasteiger partial charge in [0.15, 0.2) is 0 Å². The molecule has 1 unspecified atom stereocenters. The summed E-state index contributed by atoms with van der Waals surface area (Å²) in [6.45, 7) is -2.79. The molecule has 0 radical (unpaired) electrons. The molecule has 1 heterocycles. The minimum absolute atomic E-state index is 0.0128. The van der Waals surface area contributed by atoms with Gasteiger partial charge >= 0.3 is 6.61 Å². The number of ether oxygens (including phenoxy) is 1. The van der Waals surface area contributed by atoms with E-state index in [2.05, 4.69) is 10.1 Å². The van der Waals surface area contributed by atoms with Gasteiger partial charge < -0.3 is 10.1 Å². The van der Waals surface area contributed by atoms with Crippen LogP contribution in [0.4, 0.5) is 8.78 Å². The average molecular weight is 310 g/mol. The zero-order valence-corrected chi connectivity index (χ0v) is 12.4. The number of aryl methyl sites for hydroxylation is 2. The highest BCUT2D eigenvalue weighted by molar-refractivity contribution is 7.11. The molecule has 1 atom stereocenters. The number of hydrogen-bond donors (Lipinski definition) is 1. The summed E-state index contributed by atoms with van der Waals surface area (Å²) in [4.78, 5) is 6.09. The van der Waals surface area contributed by atoms with Gasteiger partial charge in [-0.05, 0) is 44.0 Å². The Labute approximate surface area is 126 Å². The maximum absolute atomic E-state index is 12.2. The lowest BCUT2D eigenvalue weighted by Crippen LogP contribution is -2.17. The second-order valence-electron chi connectivity index (χ2n) is 4.94. The average Bonchev–Trinajstić information content (AvgIpc) is 3.02. The van der Waals surface area contributed by atoms with Crippen LogP contribution in [0.3, 0.4) is 0 Å². The molecule has 1 N–H and O–H groups in total. The van der Waals surface area contributed by atoms with Crippen molar-refractivity contribution in [3.63, 3.8) is 0 Å². The molecular formula is C15H16F2N2OS. The molecule has 1 aromatic carbocycles. The van der Waals surface area contributed by atoms with Gasteiger partial charge in [0.1, 0.15) is 10.8 Å². The molecule has 3 rings (SSSR count). The van der Waals surface area contributed by atoms with Crippen molar-refractivity contribution < 1.29 is 13.5 Å². The SMILES string of the molecule is CNC(c1ccc(OC(F)F)cc1)c1nc2c(s1)CCC2. The van der Waals surface area contributed by atoms with E-state index < -0.39 is 6.61 Å². The van der Waals surface area contributed by atoms with Gasteiger partial charge in [-0.2, -0.15) is 8.78 Å². The molecule has 1 aliphatic rings. The number of aromatic nitrogens is 1. The van der Waals surface area contributed by atoms with E-state index in [0.29, 0.717) is 0 Å². The van der Waals surface area contributed by atoms with E-state index in [9.17, 15) is 8.78 Å². The summed E-state index contributed by atoms with van der Waals surface area (Å²) in [7, 11) is 1.88. The fourth-order valence-corrected chi connectivity index (χ4v) is 3.90. The van der Waals surface area contributed by atoms with Crippen LogP contribution in [0.15, 0.2) is 24.3 Å². The molecule has 0 aliphatic heterocycles. The van der Waals surface area contributed by atoms with Crippen LogP contribution in [0.1, 0.15) is 33.6 Å². The van der Waals surface area contributed by atoms with Crippen LogP contribution in [-0.2, 0) is 12.8 Å². The van der Waals surface area contributed by atoms with Crippen LogP contribution in [0, 0.1) is 0 Å². The first-order valence-electron chi connectivity index (χ1n) is 6.88. The molecule has 21 heavy (non-hydrogen) atoms. The highest BCUT2D eigenvalue weighted by Crippen LogP contribution is 2.33. The quantitative estimate of drug-likeness (QED) is 0.917. The van der Waals surface area contributed by atoms with Gasteiger partial charge in [0, 0.05) is 4.88 Å². The summed E-state index contributed by atoms with van der Waals surface area (Å²) >= 11 is 1.74. The molecule has 0 bridgehead atoms. The third-order valence-electron chi connectivity index (χ3n) is 3.59. The third-order valence-corrected chi connectivity index (χ3v) is 4.81. The second-order valence-corrected chi connectivity index (χ2v) is 6.06. The van der Waals surface area contributed by atoms with E-state index in [1.165, 1.54) is 17.0 Å². The van der Waals surface area contributed by atoms with Gasteiger partial charge in [-0.1, -0.05) is 12.1 Å². The van der Waals surface area contributed by atoms with Crippen LogP contribution in [0.2, 0.25) is 0 Å². The van der Waals surface area contributed by atoms with E-state index in [-0.39, 0.29) is 11.8 Å². The number of nitrogens with one attached hydrogen (secondary N) is 1. The minimum atomic E-state index is -2.79. The predicted molar refractivity (Wildman–Crippen MR) is 78.1 cm³/mol. The maximum Gasteiger partial charge on any atom is 0.387 e. The van der Waals surface area contributed by atoms with Crippen molar-refractivity contribution in [2.24, 2.45) is 0 Å². The Morgan fingerprint density at radius 3 is 2.62 bits per heavy atom. The van der Waals surface area contributed by atoms with Crippen molar-refractivity contribution in [2.45, 2.75) is 31.9 Å². The summed E-state index contributed by atoms with van der Waals surface area (Å²) in [5.74, 6) is 0.172. The molecule has 0 spiro atoms. The Kier molecular flexibility index (Phi) is 4.17. The van der Waals surface area contributed by atoms with Crippen LogP contribution in [0.25, 0.3) is 0 Å². The predicted octanol–water partition coefficient (Wildman–Crippen LogP) is 3.54. The Hall–Kier alpha value is -1.53. The van der Waals surface area contributed by atoms with E-state index >= 15 is 0 Å². The van der Waals surface area contributed by atoms with Gasteiger partial charge in [-0.25, -0.2) is 4.98 Å². The van der Waals surface area contributed by atoms with E-state index in [4.69, 9.17) is 4.98 Å². The number of thiazole rings is 1. The van der Waals surface area contributed by atoms with Crippen molar-refractivity contribution in [3.8, 4) is 5.75 Å². The molecule has 112 valence electrons. The fraction of sp³-hybridized carbons (Fsp3) is 0.400. The maximum atomic E-state index is 12.2. The topological polar surface area (TPSA) is 34.1 Å². The number of nitrogens with zero attached hydrogens (tertiary/aromatic N) is 1. The lowest BCUT2D eigenvalue weighted by Gasteiger charge is -2.14. The molecule has 3 nitrogen and oxygen atoms in total. The smallest absolute Gasteiger partial charge is 0.387 e. The molecule has 0 amide bonds. The van der Waals surface area contributed by atoms with Crippen molar-refractivity contribution >= 4 is 11.3 Å². The molecule has 0 fully saturated rings. The van der Waals surface area contributed by atoms with Crippen molar-refractivity contribution in [3.05, 3.63) is 45.4 Å². The molecule has 0 saturated carbocycles. The fourth-order valence-electron chi connectivity index (χ4n) is 2.61. The Morgan fingerprint density at radius 1 is 1.24 bits per heavy atom. The summed E-state index contributed by atoms with van der Waals surface area (Å²) in [5, 5.41) is 4.27. The van der Waals surface area contributed by atoms with E-state index in [1.54, 1.807) is 35.6 Å². The minimum Gasteiger partial charge on any atom is -0.435 e. The number of hydrogen-bond acceptors (Lipinski definition) is 4.